The number of carbonyl (C=O) groups excluding carboxylic acids is 1. The first-order chi connectivity index (χ1) is 17.5. The fraction of sp³-hybridized carbons (Fsp3) is 0.367. The van der Waals surface area contributed by atoms with Crippen molar-refractivity contribution >= 4 is 11.6 Å². The molecular formula is C30H33FN2O3. The van der Waals surface area contributed by atoms with Crippen LogP contribution in [-0.4, -0.2) is 42.6 Å². The number of ether oxygens (including phenoxy) is 2. The van der Waals surface area contributed by atoms with Gasteiger partial charge in [0.2, 0.25) is 5.91 Å². The van der Waals surface area contributed by atoms with Gasteiger partial charge < -0.3 is 19.3 Å². The smallest absolute Gasteiger partial charge is 0.226 e. The van der Waals surface area contributed by atoms with Gasteiger partial charge in [0.25, 0.3) is 0 Å². The van der Waals surface area contributed by atoms with Crippen LogP contribution in [0.25, 0.3) is 0 Å². The first-order valence-electron chi connectivity index (χ1n) is 12.8. The molecule has 3 aromatic rings. The number of hydrogen-bond donors (Lipinski definition) is 0. The average Bonchev–Trinajstić information content (AvgIpc) is 3.04. The molecule has 0 aromatic heterocycles. The van der Waals surface area contributed by atoms with Crippen LogP contribution in [0.5, 0.6) is 11.5 Å². The van der Waals surface area contributed by atoms with E-state index in [0.29, 0.717) is 26.1 Å². The van der Waals surface area contributed by atoms with E-state index in [4.69, 9.17) is 9.47 Å². The maximum atomic E-state index is 13.2. The van der Waals surface area contributed by atoms with Crippen molar-refractivity contribution in [1.82, 2.24) is 4.90 Å². The molecule has 36 heavy (non-hydrogen) atoms. The van der Waals surface area contributed by atoms with Gasteiger partial charge in [0.05, 0.1) is 18.7 Å². The molecule has 2 heterocycles. The minimum absolute atomic E-state index is 0.0830. The van der Waals surface area contributed by atoms with E-state index in [1.165, 1.54) is 12.1 Å². The summed E-state index contributed by atoms with van der Waals surface area (Å²) in [7, 11) is 0. The summed E-state index contributed by atoms with van der Waals surface area (Å²) in [6.07, 6.45) is 2.77. The fourth-order valence-electron chi connectivity index (χ4n) is 5.25. The summed E-state index contributed by atoms with van der Waals surface area (Å²) in [5, 5.41) is 0. The lowest BCUT2D eigenvalue weighted by Crippen LogP contribution is -2.50. The zero-order chi connectivity index (χ0) is 25.0. The third-order valence-electron chi connectivity index (χ3n) is 7.30. The maximum absolute atomic E-state index is 13.2. The number of rotatable bonds is 6. The third kappa shape index (κ3) is 5.32. The van der Waals surface area contributed by atoms with Crippen LogP contribution in [0.1, 0.15) is 37.3 Å². The van der Waals surface area contributed by atoms with Crippen LogP contribution in [0.15, 0.2) is 72.8 Å². The number of piperidine rings is 1. The van der Waals surface area contributed by atoms with Crippen molar-refractivity contribution in [3.63, 3.8) is 0 Å². The molecule has 3 aromatic carbocycles. The van der Waals surface area contributed by atoms with Gasteiger partial charge in [-0.25, -0.2) is 4.39 Å². The van der Waals surface area contributed by atoms with E-state index >= 15 is 0 Å². The summed E-state index contributed by atoms with van der Waals surface area (Å²) in [4.78, 5) is 17.2. The number of anilines is 1. The predicted molar refractivity (Wildman–Crippen MR) is 139 cm³/mol. The molecule has 1 spiro atoms. The maximum Gasteiger partial charge on any atom is 0.226 e. The van der Waals surface area contributed by atoms with Crippen molar-refractivity contribution in [3.8, 4) is 11.5 Å². The second-order valence-corrected chi connectivity index (χ2v) is 9.65. The van der Waals surface area contributed by atoms with Crippen LogP contribution in [0, 0.1) is 5.82 Å². The molecule has 2 aliphatic rings. The number of amides is 1. The van der Waals surface area contributed by atoms with Gasteiger partial charge in [0.1, 0.15) is 22.9 Å². The molecule has 0 bridgehead atoms. The Morgan fingerprint density at radius 2 is 1.64 bits per heavy atom. The Morgan fingerprint density at radius 1 is 0.944 bits per heavy atom. The van der Waals surface area contributed by atoms with E-state index in [0.717, 1.165) is 60.7 Å². The lowest BCUT2D eigenvalue weighted by molar-refractivity contribution is -0.134. The highest BCUT2D eigenvalue weighted by Gasteiger charge is 2.40. The molecule has 1 amide bonds. The lowest BCUT2D eigenvalue weighted by Gasteiger charge is -2.41. The van der Waals surface area contributed by atoms with Crippen LogP contribution in [0.4, 0.5) is 10.1 Å². The van der Waals surface area contributed by atoms with Crippen molar-refractivity contribution in [2.75, 3.05) is 31.1 Å². The van der Waals surface area contributed by atoms with E-state index in [1.807, 2.05) is 30.0 Å². The van der Waals surface area contributed by atoms with Crippen molar-refractivity contribution in [2.24, 2.45) is 0 Å². The topological polar surface area (TPSA) is 42.0 Å². The average molecular weight is 489 g/mol. The highest BCUT2D eigenvalue weighted by atomic mass is 19.1. The van der Waals surface area contributed by atoms with Crippen LogP contribution in [-0.2, 0) is 17.8 Å². The molecule has 0 N–H and O–H groups in total. The second-order valence-electron chi connectivity index (χ2n) is 9.65. The lowest BCUT2D eigenvalue weighted by atomic mass is 9.87. The standard InChI is InChI=1S/C30H33FN2O3/c1-2-35-27-9-5-3-7-24(27)22-33-20-17-30(36-28-10-6-4-8-26(28)33)15-18-32(19-16-30)29(34)21-23-11-13-25(31)14-12-23/h3-14H,2,15-22H2,1H3. The molecule has 6 heteroatoms. The summed E-state index contributed by atoms with van der Waals surface area (Å²) in [5.41, 5.74) is 2.79. The molecule has 0 saturated carbocycles. The number of benzene rings is 3. The van der Waals surface area contributed by atoms with Gasteiger partial charge in [-0.05, 0) is 42.8 Å². The number of fused-ring (bicyclic) bond motifs is 1. The van der Waals surface area contributed by atoms with Crippen molar-refractivity contribution in [1.29, 1.82) is 0 Å². The minimum Gasteiger partial charge on any atom is -0.494 e. The number of hydrogen-bond acceptors (Lipinski definition) is 4. The minimum atomic E-state index is -0.295. The van der Waals surface area contributed by atoms with E-state index in [2.05, 4.69) is 35.2 Å². The van der Waals surface area contributed by atoms with Crippen molar-refractivity contribution < 1.29 is 18.7 Å². The largest absolute Gasteiger partial charge is 0.494 e. The first kappa shape index (κ1) is 24.2. The van der Waals surface area contributed by atoms with Gasteiger partial charge in [-0.3, -0.25) is 4.79 Å². The Hall–Kier alpha value is -3.54. The zero-order valence-electron chi connectivity index (χ0n) is 20.8. The molecule has 0 unspecified atom stereocenters. The number of likely N-dealkylation sites (tertiary alicyclic amines) is 1. The molecule has 5 rings (SSSR count). The third-order valence-corrected chi connectivity index (χ3v) is 7.30. The van der Waals surface area contributed by atoms with Crippen molar-refractivity contribution in [2.45, 2.75) is 44.8 Å². The molecule has 0 aliphatic carbocycles. The Balaban J connectivity index is 1.28. The number of nitrogens with zero attached hydrogens (tertiary/aromatic N) is 2. The Labute approximate surface area is 212 Å². The monoisotopic (exact) mass is 488 g/mol. The van der Waals surface area contributed by atoms with Gasteiger partial charge >= 0.3 is 0 Å². The second kappa shape index (κ2) is 10.6. The van der Waals surface area contributed by atoms with E-state index in [-0.39, 0.29) is 17.3 Å². The number of para-hydroxylation sites is 3. The zero-order valence-corrected chi connectivity index (χ0v) is 20.8. The van der Waals surface area contributed by atoms with Crippen molar-refractivity contribution in [3.05, 3.63) is 89.7 Å². The molecule has 1 fully saturated rings. The van der Waals surface area contributed by atoms with Gasteiger partial charge in [-0.2, -0.15) is 0 Å². The molecule has 1 saturated heterocycles. The highest BCUT2D eigenvalue weighted by Crippen LogP contribution is 2.41. The molecular weight excluding hydrogens is 455 g/mol. The molecule has 5 nitrogen and oxygen atoms in total. The predicted octanol–water partition coefficient (Wildman–Crippen LogP) is 5.62. The van der Waals surface area contributed by atoms with E-state index in [1.54, 1.807) is 12.1 Å². The fourth-order valence-corrected chi connectivity index (χ4v) is 5.25. The molecule has 2 aliphatic heterocycles. The van der Waals surface area contributed by atoms with Gasteiger partial charge in [0.15, 0.2) is 0 Å². The highest BCUT2D eigenvalue weighted by molar-refractivity contribution is 5.79. The molecule has 188 valence electrons. The summed E-state index contributed by atoms with van der Waals surface area (Å²) in [6, 6.07) is 22.6. The summed E-state index contributed by atoms with van der Waals surface area (Å²) < 4.78 is 25.8. The Bertz CT molecular complexity index is 1190. The summed E-state index contributed by atoms with van der Waals surface area (Å²) in [6.45, 7) is 5.57. The Kier molecular flexibility index (Phi) is 7.12. The number of carbonyl (C=O) groups is 1. The Morgan fingerprint density at radius 3 is 2.42 bits per heavy atom. The van der Waals surface area contributed by atoms with Crippen LogP contribution >= 0.6 is 0 Å². The first-order valence-corrected chi connectivity index (χ1v) is 12.8. The summed E-state index contributed by atoms with van der Waals surface area (Å²) >= 11 is 0. The van der Waals surface area contributed by atoms with Gasteiger partial charge in [-0.15, -0.1) is 0 Å². The molecule has 0 atom stereocenters. The van der Waals surface area contributed by atoms with Gasteiger partial charge in [-0.1, -0.05) is 42.5 Å². The summed E-state index contributed by atoms with van der Waals surface area (Å²) in [5.74, 6) is 1.62. The van der Waals surface area contributed by atoms with Crippen LogP contribution < -0.4 is 14.4 Å². The number of halogens is 1. The van der Waals surface area contributed by atoms with Crippen LogP contribution in [0.2, 0.25) is 0 Å². The SMILES string of the molecule is CCOc1ccccc1CN1CCC2(CCN(C(=O)Cc3ccc(F)cc3)CC2)Oc2ccccc21. The van der Waals surface area contributed by atoms with E-state index in [9.17, 15) is 9.18 Å². The molecule has 0 radical (unpaired) electrons. The van der Waals surface area contributed by atoms with E-state index < -0.39 is 0 Å². The van der Waals surface area contributed by atoms with Crippen LogP contribution in [0.3, 0.4) is 0 Å². The normalized spacial score (nSPS) is 16.7. The quantitative estimate of drug-likeness (QED) is 0.452. The van der Waals surface area contributed by atoms with Gasteiger partial charge in [0, 0.05) is 51.0 Å².